The van der Waals surface area contributed by atoms with Gasteiger partial charge in [-0.25, -0.2) is 0 Å². The van der Waals surface area contributed by atoms with E-state index in [0.29, 0.717) is 26.3 Å². The van der Waals surface area contributed by atoms with Gasteiger partial charge in [0.1, 0.15) is 0 Å². The molecule has 1 aliphatic rings. The molecule has 0 N–H and O–H groups in total. The summed E-state index contributed by atoms with van der Waals surface area (Å²) in [7, 11) is 2.94. The first-order chi connectivity index (χ1) is 13.7. The Labute approximate surface area is 172 Å². The second-order valence-corrected chi connectivity index (χ2v) is 8.64. The van der Waals surface area contributed by atoms with Gasteiger partial charge in [0, 0.05) is 0 Å². The van der Waals surface area contributed by atoms with Crippen molar-refractivity contribution in [3.8, 4) is 11.5 Å². The van der Waals surface area contributed by atoms with Gasteiger partial charge >= 0.3 is 172 Å². The molecule has 3 rings (SSSR count). The average Bonchev–Trinajstić information content (AvgIpc) is 2.75. The molecule has 0 aliphatic carbocycles. The topological polar surface area (TPSA) is 54.0 Å². The molecule has 0 radical (unpaired) electrons. The zero-order valence-electron chi connectivity index (χ0n) is 16.3. The van der Waals surface area contributed by atoms with Gasteiger partial charge < -0.3 is 0 Å². The fraction of sp³-hybridized carbons (Fsp3) is 0.409. The van der Waals surface area contributed by atoms with Gasteiger partial charge in [-0.2, -0.15) is 0 Å². The van der Waals surface area contributed by atoms with Gasteiger partial charge in [0.25, 0.3) is 0 Å². The minimum absolute atomic E-state index is 0.108. The molecule has 5 nitrogen and oxygen atoms in total. The number of hydrogen-bond acceptors (Lipinski definition) is 5. The summed E-state index contributed by atoms with van der Waals surface area (Å²) in [5.41, 5.74) is 2.89. The van der Waals surface area contributed by atoms with E-state index in [4.69, 9.17) is 18.9 Å². The first-order valence-electron chi connectivity index (χ1n) is 9.40. The van der Waals surface area contributed by atoms with Crippen molar-refractivity contribution in [1.29, 1.82) is 0 Å². The van der Waals surface area contributed by atoms with E-state index in [-0.39, 0.29) is 12.3 Å². The summed E-state index contributed by atoms with van der Waals surface area (Å²) in [4.78, 5) is 11.9. The van der Waals surface area contributed by atoms with Gasteiger partial charge in [-0.15, -0.1) is 0 Å². The molecule has 1 fully saturated rings. The third kappa shape index (κ3) is 5.74. The Morgan fingerprint density at radius 1 is 1.07 bits per heavy atom. The maximum absolute atomic E-state index is 11.9. The first-order valence-corrected chi connectivity index (χ1v) is 11.8. The van der Waals surface area contributed by atoms with Crippen LogP contribution in [0.1, 0.15) is 40.7 Å². The number of rotatable bonds is 8. The molecule has 28 heavy (non-hydrogen) atoms. The molecule has 1 atom stereocenters. The van der Waals surface area contributed by atoms with Gasteiger partial charge in [-0.1, -0.05) is 0 Å². The number of hydrogen-bond donors (Lipinski definition) is 0. The van der Waals surface area contributed by atoms with Crippen molar-refractivity contribution in [2.75, 3.05) is 20.8 Å². The number of benzene rings is 2. The quantitative estimate of drug-likeness (QED) is 0.454. The van der Waals surface area contributed by atoms with E-state index < -0.39 is 0 Å². The summed E-state index contributed by atoms with van der Waals surface area (Å²) in [6, 6.07) is 14.0. The summed E-state index contributed by atoms with van der Waals surface area (Å²) in [6.45, 7) is 0.786. The molecule has 0 spiro atoms. The fourth-order valence-corrected chi connectivity index (χ4v) is 5.00. The molecular weight excluding hydrogens is 423 g/mol. The van der Waals surface area contributed by atoms with Crippen molar-refractivity contribution in [3.05, 3.63) is 59.2 Å². The number of esters is 1. The average molecular weight is 449 g/mol. The molecule has 0 amide bonds. The van der Waals surface area contributed by atoms with Gasteiger partial charge in [0.2, 0.25) is 0 Å². The van der Waals surface area contributed by atoms with Crippen LogP contribution in [0, 0.1) is 0 Å². The summed E-state index contributed by atoms with van der Waals surface area (Å²) in [5, 5.41) is 1.96. The Kier molecular flexibility index (Phi) is 7.78. The summed E-state index contributed by atoms with van der Waals surface area (Å²) < 4.78 is 21.6. The Morgan fingerprint density at radius 2 is 1.82 bits per heavy atom. The molecule has 0 aromatic heterocycles. The summed E-state index contributed by atoms with van der Waals surface area (Å²) >= 11 is 0.386. The van der Waals surface area contributed by atoms with Crippen LogP contribution in [0.25, 0.3) is 0 Å². The van der Waals surface area contributed by atoms with Crippen LogP contribution in [0.3, 0.4) is 0 Å². The number of carbonyl (C=O) groups is 1. The summed E-state index contributed by atoms with van der Waals surface area (Å²) in [6.07, 6.45) is 3.13. The van der Waals surface area contributed by atoms with Crippen LogP contribution in [0.2, 0.25) is 0 Å². The standard InChI is InChI=1S/C22H26O5Se/c1-24-20-11-8-17(13-19(20)22(23)25-2)15-28-14-16-6-9-18(10-7-16)27-21-5-3-4-12-26-21/h6-11,13,21H,3-5,12,14-15H2,1-2H3. The molecule has 150 valence electrons. The van der Waals surface area contributed by atoms with E-state index in [9.17, 15) is 4.79 Å². The van der Waals surface area contributed by atoms with Gasteiger partial charge in [0.15, 0.2) is 0 Å². The van der Waals surface area contributed by atoms with E-state index in [2.05, 4.69) is 12.1 Å². The number of methoxy groups -OCH3 is 2. The van der Waals surface area contributed by atoms with Crippen LogP contribution in [-0.2, 0) is 20.1 Å². The molecule has 0 bridgehead atoms. The Hall–Kier alpha value is -2.01. The summed E-state index contributed by atoms with van der Waals surface area (Å²) in [5.74, 6) is 1.03. The van der Waals surface area contributed by atoms with Crippen LogP contribution in [0.15, 0.2) is 42.5 Å². The van der Waals surface area contributed by atoms with Crippen LogP contribution in [0.5, 0.6) is 11.5 Å². The van der Waals surface area contributed by atoms with Crippen LogP contribution in [-0.4, -0.2) is 48.0 Å². The van der Waals surface area contributed by atoms with Crippen molar-refractivity contribution in [1.82, 2.24) is 0 Å². The van der Waals surface area contributed by atoms with Crippen molar-refractivity contribution in [2.45, 2.75) is 36.2 Å². The second kappa shape index (κ2) is 10.5. The van der Waals surface area contributed by atoms with Crippen molar-refractivity contribution < 1.29 is 23.7 Å². The van der Waals surface area contributed by atoms with Crippen molar-refractivity contribution in [2.24, 2.45) is 0 Å². The zero-order valence-corrected chi connectivity index (χ0v) is 18.0. The van der Waals surface area contributed by atoms with E-state index in [1.165, 1.54) is 12.7 Å². The van der Waals surface area contributed by atoms with Gasteiger partial charge in [-0.3, -0.25) is 0 Å². The van der Waals surface area contributed by atoms with Crippen LogP contribution in [0.4, 0.5) is 0 Å². The molecule has 1 saturated heterocycles. The van der Waals surface area contributed by atoms with E-state index in [1.54, 1.807) is 7.11 Å². The number of carbonyl (C=O) groups excluding carboxylic acids is 1. The fourth-order valence-electron chi connectivity index (χ4n) is 3.02. The molecule has 6 heteroatoms. The zero-order chi connectivity index (χ0) is 19.8. The molecular formula is C22H26O5Se. The van der Waals surface area contributed by atoms with Crippen LogP contribution >= 0.6 is 0 Å². The van der Waals surface area contributed by atoms with Crippen molar-refractivity contribution in [3.63, 3.8) is 0 Å². The van der Waals surface area contributed by atoms with E-state index in [1.807, 2.05) is 30.3 Å². The predicted octanol–water partition coefficient (Wildman–Crippen LogP) is 3.79. The molecule has 1 heterocycles. The normalized spacial score (nSPS) is 16.4. The Balaban J connectivity index is 1.51. The van der Waals surface area contributed by atoms with E-state index in [0.717, 1.165) is 47.8 Å². The molecule has 2 aromatic carbocycles. The Morgan fingerprint density at radius 3 is 2.50 bits per heavy atom. The SMILES string of the molecule is COC(=O)c1cc(C[Se]Cc2ccc(OC3CCCCO3)cc2)ccc1OC. The minimum atomic E-state index is -0.372. The molecule has 0 saturated carbocycles. The van der Waals surface area contributed by atoms with E-state index >= 15 is 0 Å². The van der Waals surface area contributed by atoms with Gasteiger partial charge in [-0.05, 0) is 0 Å². The first kappa shape index (κ1) is 20.7. The molecule has 1 unspecified atom stereocenters. The number of ether oxygens (including phenoxy) is 4. The monoisotopic (exact) mass is 450 g/mol. The third-order valence-corrected chi connectivity index (χ3v) is 6.79. The van der Waals surface area contributed by atoms with Crippen molar-refractivity contribution >= 4 is 20.9 Å². The maximum atomic E-state index is 11.9. The molecule has 1 aliphatic heterocycles. The van der Waals surface area contributed by atoms with Crippen LogP contribution < -0.4 is 9.47 Å². The van der Waals surface area contributed by atoms with Gasteiger partial charge in [0.05, 0.1) is 0 Å². The molecule has 2 aromatic rings. The predicted molar refractivity (Wildman–Crippen MR) is 108 cm³/mol. The second-order valence-electron chi connectivity index (χ2n) is 6.58. The third-order valence-electron chi connectivity index (χ3n) is 4.54. The Bertz CT molecular complexity index is 769.